The summed E-state index contributed by atoms with van der Waals surface area (Å²) in [5.74, 6) is -1.76. The lowest BCUT2D eigenvalue weighted by molar-refractivity contribution is 0.0697. The molecule has 2 aromatic carbocycles. The molecule has 0 aliphatic heterocycles. The summed E-state index contributed by atoms with van der Waals surface area (Å²) in [6.45, 7) is 1.82. The van der Waals surface area contributed by atoms with Crippen molar-refractivity contribution in [3.8, 4) is 0 Å². The Morgan fingerprint density at radius 2 is 1.90 bits per heavy atom. The molecule has 104 valence electrons. The third-order valence-electron chi connectivity index (χ3n) is 2.97. The van der Waals surface area contributed by atoms with E-state index in [1.165, 1.54) is 18.2 Å². The molecular weight excluding hydrogens is 281 g/mol. The van der Waals surface area contributed by atoms with Gasteiger partial charge in [-0.1, -0.05) is 29.8 Å². The fourth-order valence-electron chi connectivity index (χ4n) is 1.90. The van der Waals surface area contributed by atoms with Gasteiger partial charge in [0.1, 0.15) is 5.82 Å². The molecule has 3 nitrogen and oxygen atoms in total. The van der Waals surface area contributed by atoms with Crippen LogP contribution in [0.2, 0.25) is 5.02 Å². The van der Waals surface area contributed by atoms with E-state index >= 15 is 0 Å². The van der Waals surface area contributed by atoms with Gasteiger partial charge < -0.3 is 10.4 Å². The molecule has 0 aliphatic rings. The van der Waals surface area contributed by atoms with Crippen LogP contribution in [0.5, 0.6) is 0 Å². The van der Waals surface area contributed by atoms with E-state index in [2.05, 4.69) is 5.32 Å². The van der Waals surface area contributed by atoms with Gasteiger partial charge in [0.05, 0.1) is 11.3 Å². The predicted octanol–water partition coefficient (Wildman–Crippen LogP) is 4.35. The average Bonchev–Trinajstić information content (AvgIpc) is 2.41. The highest BCUT2D eigenvalue weighted by molar-refractivity contribution is 6.30. The lowest BCUT2D eigenvalue weighted by Crippen LogP contribution is -2.12. The van der Waals surface area contributed by atoms with Crippen molar-refractivity contribution >= 4 is 23.3 Å². The maximum absolute atomic E-state index is 13.8. The van der Waals surface area contributed by atoms with Crippen molar-refractivity contribution in [2.24, 2.45) is 0 Å². The number of rotatable bonds is 4. The van der Waals surface area contributed by atoms with Crippen LogP contribution in [0.15, 0.2) is 42.5 Å². The number of carboxylic acids is 1. The Hall–Kier alpha value is -2.07. The Kier molecular flexibility index (Phi) is 4.25. The van der Waals surface area contributed by atoms with Crippen LogP contribution in [0.3, 0.4) is 0 Å². The molecule has 20 heavy (non-hydrogen) atoms. The number of anilines is 1. The lowest BCUT2D eigenvalue weighted by Gasteiger charge is -2.18. The van der Waals surface area contributed by atoms with Gasteiger partial charge in [-0.2, -0.15) is 0 Å². The number of aromatic carboxylic acids is 1. The molecule has 2 rings (SSSR count). The van der Waals surface area contributed by atoms with Crippen molar-refractivity contribution in [1.29, 1.82) is 0 Å². The maximum Gasteiger partial charge on any atom is 0.337 e. The highest BCUT2D eigenvalue weighted by Gasteiger charge is 2.16. The topological polar surface area (TPSA) is 49.3 Å². The van der Waals surface area contributed by atoms with Crippen LogP contribution in [0.4, 0.5) is 10.1 Å². The van der Waals surface area contributed by atoms with Gasteiger partial charge in [-0.05, 0) is 36.8 Å². The molecule has 0 saturated carbocycles. The molecule has 5 heteroatoms. The molecule has 2 N–H and O–H groups in total. The second kappa shape index (κ2) is 5.92. The SMILES string of the molecule is CC(Nc1c(F)cccc1C(=O)O)c1ccc(Cl)cc1. The highest BCUT2D eigenvalue weighted by Crippen LogP contribution is 2.26. The van der Waals surface area contributed by atoms with Crippen LogP contribution < -0.4 is 5.32 Å². The van der Waals surface area contributed by atoms with Gasteiger partial charge in [0.2, 0.25) is 0 Å². The summed E-state index contributed by atoms with van der Waals surface area (Å²) in [4.78, 5) is 11.1. The number of hydrogen-bond donors (Lipinski definition) is 2. The van der Waals surface area contributed by atoms with E-state index < -0.39 is 11.8 Å². The van der Waals surface area contributed by atoms with Gasteiger partial charge >= 0.3 is 5.97 Å². The van der Waals surface area contributed by atoms with Gasteiger partial charge in [0.15, 0.2) is 0 Å². The Morgan fingerprint density at radius 1 is 1.25 bits per heavy atom. The molecular formula is C15H13ClFNO2. The third-order valence-corrected chi connectivity index (χ3v) is 3.23. The second-order valence-corrected chi connectivity index (χ2v) is 4.82. The largest absolute Gasteiger partial charge is 0.478 e. The van der Waals surface area contributed by atoms with Crippen LogP contribution >= 0.6 is 11.6 Å². The molecule has 0 fully saturated rings. The quantitative estimate of drug-likeness (QED) is 0.881. The first-order valence-electron chi connectivity index (χ1n) is 6.03. The fourth-order valence-corrected chi connectivity index (χ4v) is 2.03. The molecule has 0 bridgehead atoms. The number of hydrogen-bond acceptors (Lipinski definition) is 2. The number of para-hydroxylation sites is 1. The van der Waals surface area contributed by atoms with Crippen LogP contribution in [-0.2, 0) is 0 Å². The minimum Gasteiger partial charge on any atom is -0.478 e. The summed E-state index contributed by atoms with van der Waals surface area (Å²) in [7, 11) is 0. The van der Waals surface area contributed by atoms with Crippen molar-refractivity contribution in [3.05, 3.63) is 64.4 Å². The van der Waals surface area contributed by atoms with E-state index in [9.17, 15) is 9.18 Å². The molecule has 0 amide bonds. The van der Waals surface area contributed by atoms with E-state index in [0.717, 1.165) is 5.56 Å². The molecule has 0 saturated heterocycles. The van der Waals surface area contributed by atoms with E-state index in [-0.39, 0.29) is 17.3 Å². The van der Waals surface area contributed by atoms with E-state index in [1.807, 2.05) is 6.92 Å². The van der Waals surface area contributed by atoms with Crippen molar-refractivity contribution in [2.45, 2.75) is 13.0 Å². The van der Waals surface area contributed by atoms with Crippen molar-refractivity contribution < 1.29 is 14.3 Å². The second-order valence-electron chi connectivity index (χ2n) is 4.39. The Balaban J connectivity index is 2.30. The zero-order chi connectivity index (χ0) is 14.7. The maximum atomic E-state index is 13.8. The zero-order valence-electron chi connectivity index (χ0n) is 10.7. The number of benzene rings is 2. The van der Waals surface area contributed by atoms with Gasteiger partial charge in [-0.15, -0.1) is 0 Å². The number of carbonyl (C=O) groups is 1. The first-order valence-corrected chi connectivity index (χ1v) is 6.40. The van der Waals surface area contributed by atoms with Crippen LogP contribution in [0.1, 0.15) is 28.9 Å². The molecule has 1 unspecified atom stereocenters. The Labute approximate surface area is 121 Å². The van der Waals surface area contributed by atoms with Crippen LogP contribution in [0, 0.1) is 5.82 Å². The first-order chi connectivity index (χ1) is 9.49. The number of halogens is 2. The summed E-state index contributed by atoms with van der Waals surface area (Å²) in [5, 5.41) is 12.6. The summed E-state index contributed by atoms with van der Waals surface area (Å²) in [5.41, 5.74) is 0.780. The van der Waals surface area contributed by atoms with Crippen LogP contribution in [0.25, 0.3) is 0 Å². The minimum atomic E-state index is -1.17. The monoisotopic (exact) mass is 293 g/mol. The van der Waals surface area contributed by atoms with Crippen LogP contribution in [-0.4, -0.2) is 11.1 Å². The normalized spacial score (nSPS) is 11.9. The van der Waals surface area contributed by atoms with E-state index in [4.69, 9.17) is 16.7 Å². The molecule has 0 aliphatic carbocycles. The molecule has 1 atom stereocenters. The number of carboxylic acid groups (broad SMARTS) is 1. The van der Waals surface area contributed by atoms with E-state index in [0.29, 0.717) is 5.02 Å². The minimum absolute atomic E-state index is 0.0116. The number of nitrogens with one attached hydrogen (secondary N) is 1. The summed E-state index contributed by atoms with van der Waals surface area (Å²) in [6, 6.07) is 10.8. The van der Waals surface area contributed by atoms with Gasteiger partial charge in [-0.25, -0.2) is 9.18 Å². The smallest absolute Gasteiger partial charge is 0.337 e. The predicted molar refractivity (Wildman–Crippen MR) is 76.8 cm³/mol. The Morgan fingerprint density at radius 3 is 2.50 bits per heavy atom. The molecule has 2 aromatic rings. The summed E-state index contributed by atoms with van der Waals surface area (Å²) >= 11 is 5.81. The average molecular weight is 294 g/mol. The summed E-state index contributed by atoms with van der Waals surface area (Å²) in [6.07, 6.45) is 0. The Bertz CT molecular complexity index is 628. The van der Waals surface area contributed by atoms with Gasteiger partial charge in [0.25, 0.3) is 0 Å². The lowest BCUT2D eigenvalue weighted by atomic mass is 10.1. The van der Waals surface area contributed by atoms with Gasteiger partial charge in [-0.3, -0.25) is 0 Å². The molecule has 0 heterocycles. The zero-order valence-corrected chi connectivity index (χ0v) is 11.5. The van der Waals surface area contributed by atoms with Crippen molar-refractivity contribution in [2.75, 3.05) is 5.32 Å². The van der Waals surface area contributed by atoms with Crippen molar-refractivity contribution in [1.82, 2.24) is 0 Å². The molecule has 0 aromatic heterocycles. The standard InChI is InChI=1S/C15H13ClFNO2/c1-9(10-5-7-11(16)8-6-10)18-14-12(15(19)20)3-2-4-13(14)17/h2-9,18H,1H3,(H,19,20). The fraction of sp³-hybridized carbons (Fsp3) is 0.133. The highest BCUT2D eigenvalue weighted by atomic mass is 35.5. The first kappa shape index (κ1) is 14.3. The third kappa shape index (κ3) is 3.08. The van der Waals surface area contributed by atoms with Crippen molar-refractivity contribution in [3.63, 3.8) is 0 Å². The van der Waals surface area contributed by atoms with Gasteiger partial charge in [0, 0.05) is 11.1 Å². The summed E-state index contributed by atoms with van der Waals surface area (Å²) < 4.78 is 13.8. The molecule has 0 radical (unpaired) electrons. The molecule has 0 spiro atoms. The van der Waals surface area contributed by atoms with E-state index in [1.54, 1.807) is 24.3 Å².